The molecule has 17 heavy (non-hydrogen) atoms. The summed E-state index contributed by atoms with van der Waals surface area (Å²) in [5.41, 5.74) is 14.4. The molecule has 88 valence electrons. The Balaban J connectivity index is 2.10. The lowest BCUT2D eigenvalue weighted by atomic mass is 10.1. The van der Waals surface area contributed by atoms with Crippen LogP contribution in [-0.4, -0.2) is 5.11 Å². The molecule has 0 saturated heterocycles. The van der Waals surface area contributed by atoms with E-state index in [1.54, 1.807) is 24.3 Å². The summed E-state index contributed by atoms with van der Waals surface area (Å²) in [5.74, 6) is 0.224. The molecular formula is C13H15N3O. The minimum absolute atomic E-state index is 0.224. The number of benzene rings is 2. The molecule has 6 N–H and O–H groups in total. The van der Waals surface area contributed by atoms with E-state index < -0.39 is 0 Å². The van der Waals surface area contributed by atoms with Gasteiger partial charge in [0, 0.05) is 17.9 Å². The van der Waals surface area contributed by atoms with Gasteiger partial charge in [0.2, 0.25) is 0 Å². The van der Waals surface area contributed by atoms with Crippen molar-refractivity contribution in [2.75, 3.05) is 16.8 Å². The Hall–Kier alpha value is -2.36. The molecule has 2 rings (SSSR count). The van der Waals surface area contributed by atoms with Gasteiger partial charge >= 0.3 is 0 Å². The highest BCUT2D eigenvalue weighted by Gasteiger charge is 2.02. The maximum absolute atomic E-state index is 9.59. The Morgan fingerprint density at radius 3 is 2.53 bits per heavy atom. The first-order valence-electron chi connectivity index (χ1n) is 5.32. The molecule has 0 fully saturated rings. The highest BCUT2D eigenvalue weighted by Crippen LogP contribution is 2.23. The van der Waals surface area contributed by atoms with Crippen LogP contribution in [0.5, 0.6) is 5.75 Å². The molecule has 4 nitrogen and oxygen atoms in total. The topological polar surface area (TPSA) is 84.3 Å². The van der Waals surface area contributed by atoms with Crippen molar-refractivity contribution in [3.05, 3.63) is 48.0 Å². The van der Waals surface area contributed by atoms with Gasteiger partial charge in [0.1, 0.15) is 5.75 Å². The van der Waals surface area contributed by atoms with Gasteiger partial charge in [0.15, 0.2) is 0 Å². The molecule has 2 aromatic carbocycles. The standard InChI is InChI=1S/C13H15N3O/c14-10-6-5-9(11(15)7-10)8-16-12-3-1-2-4-13(12)17/h1-7,16-17H,8,14-15H2. The third-order valence-electron chi connectivity index (χ3n) is 2.54. The van der Waals surface area contributed by atoms with Gasteiger partial charge in [-0.15, -0.1) is 0 Å². The van der Waals surface area contributed by atoms with Crippen LogP contribution in [0.3, 0.4) is 0 Å². The van der Waals surface area contributed by atoms with Crippen LogP contribution in [0.1, 0.15) is 5.56 Å². The molecular weight excluding hydrogens is 214 g/mol. The van der Waals surface area contributed by atoms with Crippen molar-refractivity contribution in [3.8, 4) is 5.75 Å². The van der Waals surface area contributed by atoms with Crippen molar-refractivity contribution in [2.45, 2.75) is 6.54 Å². The van der Waals surface area contributed by atoms with Crippen LogP contribution in [0.4, 0.5) is 17.1 Å². The van der Waals surface area contributed by atoms with Crippen LogP contribution >= 0.6 is 0 Å². The first-order chi connectivity index (χ1) is 8.16. The van der Waals surface area contributed by atoms with E-state index in [9.17, 15) is 5.11 Å². The third kappa shape index (κ3) is 2.60. The van der Waals surface area contributed by atoms with Gasteiger partial charge in [-0.1, -0.05) is 18.2 Å². The number of hydrogen-bond acceptors (Lipinski definition) is 4. The van der Waals surface area contributed by atoms with Crippen LogP contribution < -0.4 is 16.8 Å². The molecule has 0 saturated carbocycles. The molecule has 2 aromatic rings. The van der Waals surface area contributed by atoms with E-state index in [0.717, 1.165) is 5.56 Å². The average molecular weight is 229 g/mol. The number of hydrogen-bond donors (Lipinski definition) is 4. The van der Waals surface area contributed by atoms with Crippen LogP contribution in [0.15, 0.2) is 42.5 Å². The third-order valence-corrected chi connectivity index (χ3v) is 2.54. The van der Waals surface area contributed by atoms with Crippen LogP contribution in [0, 0.1) is 0 Å². The zero-order valence-corrected chi connectivity index (χ0v) is 9.35. The van der Waals surface area contributed by atoms with Crippen molar-refractivity contribution < 1.29 is 5.11 Å². The molecule has 4 heteroatoms. The fourth-order valence-electron chi connectivity index (χ4n) is 1.59. The predicted octanol–water partition coefficient (Wildman–Crippen LogP) is 2.17. The highest BCUT2D eigenvalue weighted by molar-refractivity contribution is 5.60. The number of rotatable bonds is 3. The number of phenols is 1. The first kappa shape index (κ1) is 11.1. The van der Waals surface area contributed by atoms with E-state index in [-0.39, 0.29) is 5.75 Å². The van der Waals surface area contributed by atoms with Crippen molar-refractivity contribution >= 4 is 17.1 Å². The smallest absolute Gasteiger partial charge is 0.138 e. The van der Waals surface area contributed by atoms with Gasteiger partial charge in [-0.05, 0) is 29.8 Å². The lowest BCUT2D eigenvalue weighted by molar-refractivity contribution is 0.477. The second-order valence-electron chi connectivity index (χ2n) is 3.83. The number of nitrogen functional groups attached to an aromatic ring is 2. The Morgan fingerprint density at radius 2 is 1.82 bits per heavy atom. The van der Waals surface area contributed by atoms with E-state index in [1.165, 1.54) is 0 Å². The second kappa shape index (κ2) is 4.65. The lowest BCUT2D eigenvalue weighted by Gasteiger charge is -2.10. The molecule has 0 aliphatic heterocycles. The average Bonchev–Trinajstić information content (AvgIpc) is 2.30. The molecule has 0 aliphatic carbocycles. The van der Waals surface area contributed by atoms with Gasteiger partial charge in [0.05, 0.1) is 5.69 Å². The number of para-hydroxylation sites is 2. The molecule has 0 unspecified atom stereocenters. The predicted molar refractivity (Wildman–Crippen MR) is 70.7 cm³/mol. The zero-order chi connectivity index (χ0) is 12.3. The molecule has 0 amide bonds. The largest absolute Gasteiger partial charge is 0.506 e. The number of phenolic OH excluding ortho intramolecular Hbond substituents is 1. The van der Waals surface area contributed by atoms with Gasteiger partial charge in [-0.25, -0.2) is 0 Å². The van der Waals surface area contributed by atoms with Gasteiger partial charge < -0.3 is 21.9 Å². The quantitative estimate of drug-likeness (QED) is 0.480. The number of aromatic hydroxyl groups is 1. The van der Waals surface area contributed by atoms with Crippen LogP contribution in [0.25, 0.3) is 0 Å². The maximum Gasteiger partial charge on any atom is 0.138 e. The van der Waals surface area contributed by atoms with E-state index in [4.69, 9.17) is 11.5 Å². The molecule has 0 atom stereocenters. The lowest BCUT2D eigenvalue weighted by Crippen LogP contribution is -2.03. The molecule has 0 aliphatic rings. The van der Waals surface area contributed by atoms with Crippen molar-refractivity contribution in [3.63, 3.8) is 0 Å². The molecule has 0 bridgehead atoms. The molecule has 0 radical (unpaired) electrons. The van der Waals surface area contributed by atoms with E-state index in [0.29, 0.717) is 23.6 Å². The fourth-order valence-corrected chi connectivity index (χ4v) is 1.59. The van der Waals surface area contributed by atoms with E-state index in [2.05, 4.69) is 5.32 Å². The number of nitrogens with two attached hydrogens (primary N) is 2. The minimum atomic E-state index is 0.224. The zero-order valence-electron chi connectivity index (χ0n) is 9.35. The van der Waals surface area contributed by atoms with Gasteiger partial charge in [0.25, 0.3) is 0 Å². The minimum Gasteiger partial charge on any atom is -0.506 e. The summed E-state index contributed by atoms with van der Waals surface area (Å²) in [6.45, 7) is 0.545. The van der Waals surface area contributed by atoms with Gasteiger partial charge in [-0.2, -0.15) is 0 Å². The number of anilines is 3. The van der Waals surface area contributed by atoms with E-state index in [1.807, 2.05) is 18.2 Å². The normalized spacial score (nSPS) is 10.1. The van der Waals surface area contributed by atoms with Gasteiger partial charge in [-0.3, -0.25) is 0 Å². The summed E-state index contributed by atoms with van der Waals surface area (Å²) in [6.07, 6.45) is 0. The van der Waals surface area contributed by atoms with Crippen molar-refractivity contribution in [2.24, 2.45) is 0 Å². The molecule has 0 spiro atoms. The summed E-state index contributed by atoms with van der Waals surface area (Å²) in [5, 5.41) is 12.7. The SMILES string of the molecule is Nc1ccc(CNc2ccccc2O)c(N)c1. The van der Waals surface area contributed by atoms with Crippen LogP contribution in [-0.2, 0) is 6.54 Å². The molecule has 0 aromatic heterocycles. The monoisotopic (exact) mass is 229 g/mol. The first-order valence-corrected chi connectivity index (χ1v) is 5.32. The Bertz CT molecular complexity index is 526. The van der Waals surface area contributed by atoms with Crippen LogP contribution in [0.2, 0.25) is 0 Å². The Kier molecular flexibility index (Phi) is 3.05. The van der Waals surface area contributed by atoms with Crippen molar-refractivity contribution in [1.29, 1.82) is 0 Å². The van der Waals surface area contributed by atoms with E-state index >= 15 is 0 Å². The molecule has 0 heterocycles. The maximum atomic E-state index is 9.59. The Labute approximate surface area is 99.9 Å². The highest BCUT2D eigenvalue weighted by atomic mass is 16.3. The summed E-state index contributed by atoms with van der Waals surface area (Å²) < 4.78 is 0. The fraction of sp³-hybridized carbons (Fsp3) is 0.0769. The number of nitrogens with one attached hydrogen (secondary N) is 1. The summed E-state index contributed by atoms with van der Waals surface area (Å²) >= 11 is 0. The second-order valence-corrected chi connectivity index (χ2v) is 3.83. The Morgan fingerprint density at radius 1 is 1.06 bits per heavy atom. The summed E-state index contributed by atoms with van der Waals surface area (Å²) in [4.78, 5) is 0. The summed E-state index contributed by atoms with van der Waals surface area (Å²) in [7, 11) is 0. The summed E-state index contributed by atoms with van der Waals surface area (Å²) in [6, 6.07) is 12.5. The van der Waals surface area contributed by atoms with Crippen molar-refractivity contribution in [1.82, 2.24) is 0 Å².